The van der Waals surface area contributed by atoms with Crippen molar-refractivity contribution in [3.63, 3.8) is 0 Å². The number of hydrogen-bond acceptors (Lipinski definition) is 4. The molecular formula is C15H23NO3. The number of aliphatic hydroxyl groups excluding tert-OH is 1. The van der Waals surface area contributed by atoms with Gasteiger partial charge in [0.15, 0.2) is 0 Å². The smallest absolute Gasteiger partial charge is 0.119 e. The van der Waals surface area contributed by atoms with E-state index in [-0.39, 0.29) is 0 Å². The molecule has 1 aliphatic carbocycles. The van der Waals surface area contributed by atoms with E-state index in [0.717, 1.165) is 17.9 Å². The Labute approximate surface area is 114 Å². The van der Waals surface area contributed by atoms with E-state index in [1.165, 1.54) is 12.8 Å². The zero-order valence-corrected chi connectivity index (χ0v) is 11.7. The van der Waals surface area contributed by atoms with E-state index in [1.807, 2.05) is 24.3 Å². The molecule has 0 saturated heterocycles. The fourth-order valence-corrected chi connectivity index (χ4v) is 2.25. The molecule has 0 radical (unpaired) electrons. The Balaban J connectivity index is 1.95. The number of benzene rings is 1. The van der Waals surface area contributed by atoms with Crippen LogP contribution in [0.15, 0.2) is 24.3 Å². The summed E-state index contributed by atoms with van der Waals surface area (Å²) >= 11 is 0. The Hall–Kier alpha value is -1.10. The summed E-state index contributed by atoms with van der Waals surface area (Å²) in [6.45, 7) is 2.24. The van der Waals surface area contributed by atoms with Gasteiger partial charge in [0.05, 0.1) is 19.8 Å². The third-order valence-corrected chi connectivity index (χ3v) is 3.53. The van der Waals surface area contributed by atoms with Crippen LogP contribution in [0.25, 0.3) is 0 Å². The minimum Gasteiger partial charge on any atom is -0.497 e. The number of methoxy groups -OCH3 is 2. The van der Waals surface area contributed by atoms with Gasteiger partial charge in [-0.3, -0.25) is 4.90 Å². The normalized spacial score (nSPS) is 16.6. The quantitative estimate of drug-likeness (QED) is 0.779. The van der Waals surface area contributed by atoms with Crippen LogP contribution in [-0.2, 0) is 4.74 Å². The van der Waals surface area contributed by atoms with Crippen molar-refractivity contribution < 1.29 is 14.6 Å². The van der Waals surface area contributed by atoms with E-state index in [0.29, 0.717) is 19.2 Å². The van der Waals surface area contributed by atoms with E-state index in [2.05, 4.69) is 4.90 Å². The van der Waals surface area contributed by atoms with Crippen LogP contribution < -0.4 is 4.74 Å². The van der Waals surface area contributed by atoms with Crippen molar-refractivity contribution in [3.8, 4) is 5.75 Å². The number of nitrogens with zero attached hydrogens (tertiary/aromatic N) is 1. The van der Waals surface area contributed by atoms with Gasteiger partial charge in [0.25, 0.3) is 0 Å². The molecule has 1 fully saturated rings. The molecule has 106 valence electrons. The van der Waals surface area contributed by atoms with Gasteiger partial charge in [-0.05, 0) is 30.5 Å². The van der Waals surface area contributed by atoms with Gasteiger partial charge in [-0.2, -0.15) is 0 Å². The second-order valence-corrected chi connectivity index (χ2v) is 5.01. The molecule has 4 nitrogen and oxygen atoms in total. The first kappa shape index (κ1) is 14.3. The lowest BCUT2D eigenvalue weighted by atomic mass is 10.1. The van der Waals surface area contributed by atoms with Crippen molar-refractivity contribution in [1.82, 2.24) is 4.90 Å². The molecule has 19 heavy (non-hydrogen) atoms. The molecule has 1 aliphatic rings. The molecule has 0 bridgehead atoms. The number of rotatable bonds is 8. The molecule has 1 saturated carbocycles. The largest absolute Gasteiger partial charge is 0.497 e. The van der Waals surface area contributed by atoms with Crippen molar-refractivity contribution >= 4 is 0 Å². The molecule has 0 aromatic heterocycles. The van der Waals surface area contributed by atoms with Crippen molar-refractivity contribution in [1.29, 1.82) is 0 Å². The highest BCUT2D eigenvalue weighted by atomic mass is 16.5. The third kappa shape index (κ3) is 4.20. The number of hydrogen-bond donors (Lipinski definition) is 1. The van der Waals surface area contributed by atoms with Crippen LogP contribution in [0.4, 0.5) is 0 Å². The first-order chi connectivity index (χ1) is 9.24. The summed E-state index contributed by atoms with van der Waals surface area (Å²) in [6.07, 6.45) is 1.98. The van der Waals surface area contributed by atoms with Crippen molar-refractivity contribution in [2.75, 3.05) is 33.9 Å². The average molecular weight is 265 g/mol. The molecule has 1 aromatic rings. The Morgan fingerprint density at radius 2 is 2.16 bits per heavy atom. The van der Waals surface area contributed by atoms with E-state index >= 15 is 0 Å². The summed E-state index contributed by atoms with van der Waals surface area (Å²) in [5.74, 6) is 0.784. The molecule has 0 heterocycles. The van der Waals surface area contributed by atoms with Crippen LogP contribution in [0.5, 0.6) is 5.75 Å². The van der Waals surface area contributed by atoms with Crippen LogP contribution in [0.3, 0.4) is 0 Å². The summed E-state index contributed by atoms with van der Waals surface area (Å²) in [5, 5.41) is 10.3. The molecule has 1 atom stereocenters. The van der Waals surface area contributed by atoms with Gasteiger partial charge < -0.3 is 14.6 Å². The van der Waals surface area contributed by atoms with Gasteiger partial charge >= 0.3 is 0 Å². The van der Waals surface area contributed by atoms with Crippen molar-refractivity contribution in [3.05, 3.63) is 29.8 Å². The van der Waals surface area contributed by atoms with Gasteiger partial charge in [-0.25, -0.2) is 0 Å². The van der Waals surface area contributed by atoms with E-state index < -0.39 is 6.10 Å². The number of ether oxygens (including phenoxy) is 2. The van der Waals surface area contributed by atoms with Crippen LogP contribution in [0, 0.1) is 0 Å². The van der Waals surface area contributed by atoms with Crippen molar-refractivity contribution in [2.45, 2.75) is 25.0 Å². The van der Waals surface area contributed by atoms with E-state index in [9.17, 15) is 5.11 Å². The SMILES string of the molecule is COCCN(CC(O)c1cccc(OC)c1)C1CC1. The second kappa shape index (κ2) is 6.89. The zero-order valence-electron chi connectivity index (χ0n) is 11.7. The maximum absolute atomic E-state index is 10.3. The Kier molecular flexibility index (Phi) is 5.19. The van der Waals surface area contributed by atoms with Gasteiger partial charge in [0.2, 0.25) is 0 Å². The third-order valence-electron chi connectivity index (χ3n) is 3.53. The minimum absolute atomic E-state index is 0.479. The first-order valence-electron chi connectivity index (χ1n) is 6.79. The highest BCUT2D eigenvalue weighted by Gasteiger charge is 2.30. The molecule has 1 N–H and O–H groups in total. The molecule has 0 aliphatic heterocycles. The molecular weight excluding hydrogens is 242 g/mol. The molecule has 1 aromatic carbocycles. The van der Waals surface area contributed by atoms with E-state index in [1.54, 1.807) is 14.2 Å². The summed E-state index contributed by atoms with van der Waals surface area (Å²) < 4.78 is 10.3. The van der Waals surface area contributed by atoms with Gasteiger partial charge in [-0.1, -0.05) is 12.1 Å². The van der Waals surface area contributed by atoms with Gasteiger partial charge in [-0.15, -0.1) is 0 Å². The lowest BCUT2D eigenvalue weighted by Gasteiger charge is -2.24. The van der Waals surface area contributed by atoms with Crippen LogP contribution in [0.1, 0.15) is 24.5 Å². The van der Waals surface area contributed by atoms with Gasteiger partial charge in [0.1, 0.15) is 5.75 Å². The molecule has 4 heteroatoms. The lowest BCUT2D eigenvalue weighted by molar-refractivity contribution is 0.0845. The van der Waals surface area contributed by atoms with Crippen molar-refractivity contribution in [2.24, 2.45) is 0 Å². The highest BCUT2D eigenvalue weighted by Crippen LogP contribution is 2.29. The Morgan fingerprint density at radius 1 is 1.37 bits per heavy atom. The fraction of sp³-hybridized carbons (Fsp3) is 0.600. The van der Waals surface area contributed by atoms with Crippen LogP contribution in [0.2, 0.25) is 0 Å². The predicted octanol–water partition coefficient (Wildman–Crippen LogP) is 1.84. The molecule has 0 amide bonds. The van der Waals surface area contributed by atoms with Gasteiger partial charge in [0, 0.05) is 26.2 Å². The lowest BCUT2D eigenvalue weighted by Crippen LogP contribution is -2.33. The summed E-state index contributed by atoms with van der Waals surface area (Å²) in [6, 6.07) is 8.25. The Bertz CT molecular complexity index is 393. The Morgan fingerprint density at radius 3 is 2.79 bits per heavy atom. The maximum atomic E-state index is 10.3. The first-order valence-corrected chi connectivity index (χ1v) is 6.79. The maximum Gasteiger partial charge on any atom is 0.119 e. The van der Waals surface area contributed by atoms with Crippen LogP contribution >= 0.6 is 0 Å². The summed E-state index contributed by atoms with van der Waals surface area (Å²) in [4.78, 5) is 2.31. The monoisotopic (exact) mass is 265 g/mol. The topological polar surface area (TPSA) is 41.9 Å². The highest BCUT2D eigenvalue weighted by molar-refractivity contribution is 5.29. The minimum atomic E-state index is -0.479. The molecule has 1 unspecified atom stereocenters. The summed E-state index contributed by atoms with van der Waals surface area (Å²) in [5.41, 5.74) is 0.905. The van der Waals surface area contributed by atoms with E-state index in [4.69, 9.17) is 9.47 Å². The standard InChI is InChI=1S/C15H23NO3/c1-18-9-8-16(13-6-7-13)11-15(17)12-4-3-5-14(10-12)19-2/h3-5,10,13,15,17H,6-9,11H2,1-2H3. The average Bonchev–Trinajstić information content (AvgIpc) is 3.27. The molecule has 2 rings (SSSR count). The fourth-order valence-electron chi connectivity index (χ4n) is 2.25. The second-order valence-electron chi connectivity index (χ2n) is 5.01. The zero-order chi connectivity index (χ0) is 13.7. The summed E-state index contributed by atoms with van der Waals surface area (Å²) in [7, 11) is 3.35. The molecule has 0 spiro atoms. The van der Waals surface area contributed by atoms with Crippen LogP contribution in [-0.4, -0.2) is 50.0 Å². The predicted molar refractivity (Wildman–Crippen MR) is 74.4 cm³/mol. The number of aliphatic hydroxyl groups is 1.